The first-order chi connectivity index (χ1) is 9.79. The molecule has 0 spiro atoms. The van der Waals surface area contributed by atoms with Crippen LogP contribution in [0.4, 0.5) is 14.9 Å². The second-order valence-corrected chi connectivity index (χ2v) is 4.81. The van der Waals surface area contributed by atoms with E-state index < -0.39 is 23.7 Å². The number of urea groups is 1. The first-order valence-corrected chi connectivity index (χ1v) is 6.52. The zero-order valence-corrected chi connectivity index (χ0v) is 12.1. The number of amides is 3. The molecule has 1 rings (SSSR count). The van der Waals surface area contributed by atoms with Gasteiger partial charge in [-0.2, -0.15) is 0 Å². The van der Waals surface area contributed by atoms with Gasteiger partial charge in [-0.05, 0) is 18.6 Å². The van der Waals surface area contributed by atoms with Crippen molar-refractivity contribution in [3.8, 4) is 0 Å². The van der Waals surface area contributed by atoms with Crippen molar-refractivity contribution in [2.45, 2.75) is 19.3 Å². The molecule has 0 aromatic heterocycles. The minimum atomic E-state index is -1.03. The van der Waals surface area contributed by atoms with Crippen molar-refractivity contribution < 1.29 is 23.9 Å². The Morgan fingerprint density at radius 2 is 1.71 bits per heavy atom. The minimum Gasteiger partial charge on any atom is -0.481 e. The zero-order chi connectivity index (χ0) is 16.0. The van der Waals surface area contributed by atoms with Crippen LogP contribution in [0.1, 0.15) is 19.3 Å². The van der Waals surface area contributed by atoms with E-state index in [0.29, 0.717) is 0 Å². The number of imide groups is 1. The average Bonchev–Trinajstić information content (AvgIpc) is 2.33. The van der Waals surface area contributed by atoms with Crippen molar-refractivity contribution in [3.05, 3.63) is 28.0 Å². The predicted molar refractivity (Wildman–Crippen MR) is 75.1 cm³/mol. The summed E-state index contributed by atoms with van der Waals surface area (Å²) in [5, 5.41) is 12.4. The topological polar surface area (TPSA) is 95.5 Å². The summed E-state index contributed by atoms with van der Waals surface area (Å²) in [5.41, 5.74) is -0.0319. The Labute approximate surface area is 129 Å². The van der Waals surface area contributed by atoms with Crippen LogP contribution in [0.2, 0.25) is 10.0 Å². The van der Waals surface area contributed by atoms with Crippen molar-refractivity contribution in [2.24, 2.45) is 0 Å². The lowest BCUT2D eigenvalue weighted by Crippen LogP contribution is -2.34. The van der Waals surface area contributed by atoms with Crippen molar-refractivity contribution >= 4 is 46.8 Å². The molecule has 0 saturated carbocycles. The number of rotatable bonds is 5. The lowest BCUT2D eigenvalue weighted by atomic mass is 10.2. The summed E-state index contributed by atoms with van der Waals surface area (Å²) >= 11 is 11.4. The molecule has 3 amide bonds. The molecule has 0 radical (unpaired) electrons. The summed E-state index contributed by atoms with van der Waals surface area (Å²) in [5.74, 6) is -2.35. The Morgan fingerprint density at radius 3 is 2.24 bits per heavy atom. The fourth-order valence-corrected chi connectivity index (χ4v) is 1.95. The first-order valence-electron chi connectivity index (χ1n) is 5.76. The summed E-state index contributed by atoms with van der Waals surface area (Å²) in [4.78, 5) is 33.2. The Bertz CT molecular complexity index is 557. The lowest BCUT2D eigenvalue weighted by molar-refractivity contribution is -0.137. The summed E-state index contributed by atoms with van der Waals surface area (Å²) in [6, 6.07) is 1.01. The van der Waals surface area contributed by atoms with E-state index in [4.69, 9.17) is 28.3 Å². The van der Waals surface area contributed by atoms with Crippen LogP contribution in [0.3, 0.4) is 0 Å². The standard InChI is InChI=1S/C12H11Cl2FN2O4/c13-7-4-6(15)5-8(14)11(7)17-12(21)16-9(18)2-1-3-10(19)20/h4-5H,1-3H2,(H,19,20)(H2,16,17,18,21). The van der Waals surface area contributed by atoms with Gasteiger partial charge < -0.3 is 10.4 Å². The van der Waals surface area contributed by atoms with E-state index in [0.717, 1.165) is 12.1 Å². The molecule has 0 aliphatic heterocycles. The van der Waals surface area contributed by atoms with E-state index in [2.05, 4.69) is 5.32 Å². The molecule has 0 aliphatic rings. The van der Waals surface area contributed by atoms with Crippen LogP contribution in [0, 0.1) is 5.82 Å². The van der Waals surface area contributed by atoms with Crippen molar-refractivity contribution in [3.63, 3.8) is 0 Å². The summed E-state index contributed by atoms with van der Waals surface area (Å²) < 4.78 is 13.0. The highest BCUT2D eigenvalue weighted by molar-refractivity contribution is 6.39. The number of aliphatic carboxylic acids is 1. The predicted octanol–water partition coefficient (Wildman–Crippen LogP) is 3.04. The minimum absolute atomic E-state index is 0.0319. The van der Waals surface area contributed by atoms with Crippen LogP contribution < -0.4 is 10.6 Å². The van der Waals surface area contributed by atoms with E-state index in [1.54, 1.807) is 0 Å². The summed E-state index contributed by atoms with van der Waals surface area (Å²) in [6.07, 6.45) is -0.193. The molecule has 0 unspecified atom stereocenters. The van der Waals surface area contributed by atoms with Gasteiger partial charge in [-0.25, -0.2) is 9.18 Å². The maximum absolute atomic E-state index is 13.0. The third kappa shape index (κ3) is 5.97. The molecule has 9 heteroatoms. The van der Waals surface area contributed by atoms with Crippen LogP contribution in [0.5, 0.6) is 0 Å². The molecule has 0 atom stereocenters. The smallest absolute Gasteiger partial charge is 0.325 e. The maximum atomic E-state index is 13.0. The van der Waals surface area contributed by atoms with Crippen molar-refractivity contribution in [1.82, 2.24) is 5.32 Å². The molecule has 0 bridgehead atoms. The van der Waals surface area contributed by atoms with Gasteiger partial charge >= 0.3 is 12.0 Å². The fraction of sp³-hybridized carbons (Fsp3) is 0.250. The molecule has 0 fully saturated rings. The molecule has 0 heterocycles. The molecule has 21 heavy (non-hydrogen) atoms. The highest BCUT2D eigenvalue weighted by Crippen LogP contribution is 2.31. The largest absolute Gasteiger partial charge is 0.481 e. The molecular weight excluding hydrogens is 326 g/mol. The van der Waals surface area contributed by atoms with E-state index in [1.165, 1.54) is 0 Å². The third-order valence-corrected chi connectivity index (χ3v) is 2.89. The third-order valence-electron chi connectivity index (χ3n) is 2.29. The number of carboxylic acids is 1. The molecule has 0 saturated heterocycles. The Hall–Kier alpha value is -1.86. The number of carbonyl (C=O) groups is 3. The van der Waals surface area contributed by atoms with Gasteiger partial charge in [0, 0.05) is 12.8 Å². The van der Waals surface area contributed by atoms with Gasteiger partial charge in [-0.1, -0.05) is 23.2 Å². The molecule has 6 nitrogen and oxygen atoms in total. The van der Waals surface area contributed by atoms with Gasteiger partial charge in [-0.3, -0.25) is 14.9 Å². The first kappa shape index (κ1) is 17.2. The highest BCUT2D eigenvalue weighted by Gasteiger charge is 2.14. The van der Waals surface area contributed by atoms with Gasteiger partial charge in [0.2, 0.25) is 5.91 Å². The van der Waals surface area contributed by atoms with Crippen molar-refractivity contribution in [2.75, 3.05) is 5.32 Å². The van der Waals surface area contributed by atoms with E-state index in [9.17, 15) is 18.8 Å². The molecule has 3 N–H and O–H groups in total. The fourth-order valence-electron chi connectivity index (χ4n) is 1.40. The Kier molecular flexibility index (Phi) is 6.39. The number of carbonyl (C=O) groups excluding carboxylic acids is 2. The van der Waals surface area contributed by atoms with Crippen LogP contribution >= 0.6 is 23.2 Å². The average molecular weight is 337 g/mol. The quantitative estimate of drug-likeness (QED) is 0.769. The number of carboxylic acid groups (broad SMARTS) is 1. The van der Waals surface area contributed by atoms with Gasteiger partial charge in [0.1, 0.15) is 5.82 Å². The molecule has 1 aromatic carbocycles. The highest BCUT2D eigenvalue weighted by atomic mass is 35.5. The number of anilines is 1. The van der Waals surface area contributed by atoms with Crippen LogP contribution in [0.15, 0.2) is 12.1 Å². The second kappa shape index (κ2) is 7.80. The summed E-state index contributed by atoms with van der Waals surface area (Å²) in [7, 11) is 0. The van der Waals surface area contributed by atoms with Gasteiger partial charge in [-0.15, -0.1) is 0 Å². The Morgan fingerprint density at radius 1 is 1.14 bits per heavy atom. The number of halogens is 3. The lowest BCUT2D eigenvalue weighted by Gasteiger charge is -2.10. The van der Waals surface area contributed by atoms with E-state index in [-0.39, 0.29) is 35.0 Å². The Balaban J connectivity index is 2.54. The SMILES string of the molecule is O=C(O)CCCC(=O)NC(=O)Nc1c(Cl)cc(F)cc1Cl. The van der Waals surface area contributed by atoms with Crippen LogP contribution in [-0.4, -0.2) is 23.0 Å². The molecule has 0 aliphatic carbocycles. The van der Waals surface area contributed by atoms with E-state index in [1.807, 2.05) is 5.32 Å². The number of benzene rings is 1. The number of hydrogen-bond acceptors (Lipinski definition) is 3. The summed E-state index contributed by atoms with van der Waals surface area (Å²) in [6.45, 7) is 0. The molecule has 114 valence electrons. The van der Waals surface area contributed by atoms with Gasteiger partial charge in [0.25, 0.3) is 0 Å². The van der Waals surface area contributed by atoms with Gasteiger partial charge in [0.15, 0.2) is 0 Å². The second-order valence-electron chi connectivity index (χ2n) is 3.99. The number of nitrogens with one attached hydrogen (secondary N) is 2. The van der Waals surface area contributed by atoms with Crippen molar-refractivity contribution in [1.29, 1.82) is 0 Å². The maximum Gasteiger partial charge on any atom is 0.325 e. The van der Waals surface area contributed by atoms with Gasteiger partial charge in [0.05, 0.1) is 15.7 Å². The zero-order valence-electron chi connectivity index (χ0n) is 10.6. The van der Waals surface area contributed by atoms with Crippen LogP contribution in [-0.2, 0) is 9.59 Å². The molecular formula is C12H11Cl2FN2O4. The monoisotopic (exact) mass is 336 g/mol. The molecule has 1 aromatic rings. The number of hydrogen-bond donors (Lipinski definition) is 3. The van der Waals surface area contributed by atoms with Crippen LogP contribution in [0.25, 0.3) is 0 Å². The van der Waals surface area contributed by atoms with E-state index >= 15 is 0 Å². The normalized spacial score (nSPS) is 10.0.